The Balaban J connectivity index is 0.000000149. The average molecular weight is 351 g/mol. The van der Waals surface area contributed by atoms with Gasteiger partial charge in [-0.1, -0.05) is 72.8 Å². The fourth-order valence-electron chi connectivity index (χ4n) is 4.86. The van der Waals surface area contributed by atoms with Gasteiger partial charge in [-0.05, 0) is 88.7 Å². The van der Waals surface area contributed by atoms with E-state index < -0.39 is 0 Å². The molecule has 0 bridgehead atoms. The molecule has 0 atom stereocenters. The predicted molar refractivity (Wildman–Crippen MR) is 117 cm³/mol. The van der Waals surface area contributed by atoms with E-state index in [0.717, 1.165) is 0 Å². The highest BCUT2D eigenvalue weighted by molar-refractivity contribution is 6.08. The van der Waals surface area contributed by atoms with Crippen LogP contribution in [0.2, 0.25) is 0 Å². The molecule has 0 unspecified atom stereocenters. The Labute approximate surface area is 161 Å². The zero-order chi connectivity index (χ0) is 18.1. The molecule has 2 aliphatic rings. The Hall–Kier alpha value is -2.60. The molecule has 0 aromatic heterocycles. The fraction of sp³-hybridized carbons (Fsp3) is 0.259. The van der Waals surface area contributed by atoms with Gasteiger partial charge < -0.3 is 0 Å². The Morgan fingerprint density at radius 1 is 0.407 bits per heavy atom. The SMILES string of the molecule is c1ccc2c(c1)CCC2.c1ccc2c(c1)ccc1c3c(ccc12)CCCC3. The molecule has 134 valence electrons. The molecule has 0 aliphatic heterocycles. The highest BCUT2D eigenvalue weighted by atomic mass is 14.2. The first-order valence-electron chi connectivity index (χ1n) is 10.4. The number of hydrogen-bond donors (Lipinski definition) is 0. The molecule has 0 radical (unpaired) electrons. The summed E-state index contributed by atoms with van der Waals surface area (Å²) < 4.78 is 0. The van der Waals surface area contributed by atoms with Crippen LogP contribution in [-0.4, -0.2) is 0 Å². The van der Waals surface area contributed by atoms with Crippen molar-refractivity contribution in [1.29, 1.82) is 0 Å². The Morgan fingerprint density at radius 3 is 1.93 bits per heavy atom. The molecule has 27 heavy (non-hydrogen) atoms. The summed E-state index contributed by atoms with van der Waals surface area (Å²) in [6.07, 6.45) is 9.18. The van der Waals surface area contributed by atoms with E-state index in [4.69, 9.17) is 0 Å². The maximum absolute atomic E-state index is 2.35. The van der Waals surface area contributed by atoms with Crippen molar-refractivity contribution in [2.75, 3.05) is 0 Å². The molecule has 0 saturated heterocycles. The molecule has 4 aromatic carbocycles. The maximum atomic E-state index is 2.35. The smallest absolute Gasteiger partial charge is 0.0102 e. The molecule has 0 heterocycles. The second-order valence-corrected chi connectivity index (χ2v) is 7.91. The van der Waals surface area contributed by atoms with E-state index in [1.807, 2.05) is 0 Å². The summed E-state index contributed by atoms with van der Waals surface area (Å²) in [6.45, 7) is 0. The highest BCUT2D eigenvalue weighted by Crippen LogP contribution is 2.33. The van der Waals surface area contributed by atoms with Crippen molar-refractivity contribution in [2.24, 2.45) is 0 Å². The molecule has 0 fully saturated rings. The first-order valence-corrected chi connectivity index (χ1v) is 10.4. The summed E-state index contributed by atoms with van der Waals surface area (Å²) in [5.41, 5.74) is 6.31. The van der Waals surface area contributed by atoms with Crippen LogP contribution in [0.25, 0.3) is 21.5 Å². The normalized spacial score (nSPS) is 15.1. The minimum absolute atomic E-state index is 1.25. The van der Waals surface area contributed by atoms with Gasteiger partial charge in [-0.3, -0.25) is 0 Å². The van der Waals surface area contributed by atoms with Gasteiger partial charge in [0.05, 0.1) is 0 Å². The summed E-state index contributed by atoms with van der Waals surface area (Å²) in [4.78, 5) is 0. The lowest BCUT2D eigenvalue weighted by molar-refractivity contribution is 0.690. The van der Waals surface area contributed by atoms with Crippen molar-refractivity contribution in [2.45, 2.75) is 44.9 Å². The van der Waals surface area contributed by atoms with Gasteiger partial charge in [0.1, 0.15) is 0 Å². The summed E-state index contributed by atoms with van der Waals surface area (Å²) in [7, 11) is 0. The number of hydrogen-bond acceptors (Lipinski definition) is 0. The van der Waals surface area contributed by atoms with Crippen LogP contribution in [-0.2, 0) is 25.7 Å². The third-order valence-corrected chi connectivity index (χ3v) is 6.27. The number of fused-ring (bicyclic) bond motifs is 6. The minimum Gasteiger partial charge on any atom is -0.0620 e. The molecule has 0 amide bonds. The Morgan fingerprint density at radius 2 is 1.07 bits per heavy atom. The van der Waals surface area contributed by atoms with Gasteiger partial charge in [0.25, 0.3) is 0 Å². The summed E-state index contributed by atoms with van der Waals surface area (Å²) in [5.74, 6) is 0. The fourth-order valence-corrected chi connectivity index (χ4v) is 4.86. The van der Waals surface area contributed by atoms with Crippen molar-refractivity contribution in [3.05, 3.63) is 95.1 Å². The number of benzene rings is 4. The molecule has 0 nitrogen and oxygen atoms in total. The molecule has 0 spiro atoms. The van der Waals surface area contributed by atoms with E-state index in [2.05, 4.69) is 72.8 Å². The van der Waals surface area contributed by atoms with Gasteiger partial charge >= 0.3 is 0 Å². The molecular weight excluding hydrogens is 324 g/mol. The van der Waals surface area contributed by atoms with Crippen LogP contribution in [0, 0.1) is 0 Å². The van der Waals surface area contributed by atoms with Gasteiger partial charge in [-0.15, -0.1) is 0 Å². The summed E-state index contributed by atoms with van der Waals surface area (Å²) >= 11 is 0. The third kappa shape index (κ3) is 3.14. The zero-order valence-corrected chi connectivity index (χ0v) is 15.9. The zero-order valence-electron chi connectivity index (χ0n) is 15.9. The number of rotatable bonds is 0. The largest absolute Gasteiger partial charge is 0.0620 e. The topological polar surface area (TPSA) is 0 Å². The molecular formula is C27H26. The maximum Gasteiger partial charge on any atom is -0.0102 e. The second kappa shape index (κ2) is 7.19. The Kier molecular flexibility index (Phi) is 4.41. The van der Waals surface area contributed by atoms with Gasteiger partial charge in [0.15, 0.2) is 0 Å². The van der Waals surface area contributed by atoms with E-state index in [1.54, 1.807) is 22.3 Å². The second-order valence-electron chi connectivity index (χ2n) is 7.91. The van der Waals surface area contributed by atoms with Gasteiger partial charge in [-0.25, -0.2) is 0 Å². The molecule has 6 rings (SSSR count). The first kappa shape index (κ1) is 16.6. The standard InChI is InChI=1S/C18H16.C9H10/c1-3-7-15-13(5-1)9-11-18-16-8-4-2-6-14(16)10-12-17(15)18;1-2-5-9-7-3-6-8(9)4-1/h1,3,5,7,9-12H,2,4,6,8H2;1-2,4-5H,3,6-7H2. The molecule has 0 saturated carbocycles. The van der Waals surface area contributed by atoms with Crippen molar-refractivity contribution < 1.29 is 0 Å². The summed E-state index contributed by atoms with van der Waals surface area (Å²) in [6, 6.07) is 26.7. The van der Waals surface area contributed by atoms with E-state index in [-0.39, 0.29) is 0 Å². The lowest BCUT2D eigenvalue weighted by atomic mass is 9.86. The van der Waals surface area contributed by atoms with Crippen molar-refractivity contribution in [1.82, 2.24) is 0 Å². The molecule has 0 heteroatoms. The Bertz CT molecular complexity index is 1080. The van der Waals surface area contributed by atoms with E-state index in [9.17, 15) is 0 Å². The van der Waals surface area contributed by atoms with Gasteiger partial charge in [0, 0.05) is 0 Å². The van der Waals surface area contributed by atoms with E-state index >= 15 is 0 Å². The van der Waals surface area contributed by atoms with Gasteiger partial charge in [-0.2, -0.15) is 0 Å². The van der Waals surface area contributed by atoms with Crippen molar-refractivity contribution in [3.63, 3.8) is 0 Å². The van der Waals surface area contributed by atoms with Crippen LogP contribution < -0.4 is 0 Å². The van der Waals surface area contributed by atoms with E-state index in [1.165, 1.54) is 66.5 Å². The lowest BCUT2D eigenvalue weighted by Crippen LogP contribution is -2.02. The third-order valence-electron chi connectivity index (χ3n) is 6.27. The van der Waals surface area contributed by atoms with E-state index in [0.29, 0.717) is 0 Å². The van der Waals surface area contributed by atoms with Crippen molar-refractivity contribution in [3.8, 4) is 0 Å². The van der Waals surface area contributed by atoms with Crippen LogP contribution in [0.5, 0.6) is 0 Å². The highest BCUT2D eigenvalue weighted by Gasteiger charge is 2.13. The first-order chi connectivity index (χ1) is 13.4. The monoisotopic (exact) mass is 350 g/mol. The van der Waals surface area contributed by atoms with Crippen LogP contribution in [0.3, 0.4) is 0 Å². The molecule has 0 N–H and O–H groups in total. The molecule has 2 aliphatic carbocycles. The quantitative estimate of drug-likeness (QED) is 0.298. The van der Waals surface area contributed by atoms with Crippen molar-refractivity contribution >= 4 is 21.5 Å². The lowest BCUT2D eigenvalue weighted by Gasteiger charge is -2.18. The number of aryl methyl sites for hydroxylation is 4. The molecule has 4 aromatic rings. The summed E-state index contributed by atoms with van der Waals surface area (Å²) in [5, 5.41) is 5.64. The van der Waals surface area contributed by atoms with Crippen LogP contribution in [0.15, 0.2) is 72.8 Å². The van der Waals surface area contributed by atoms with Crippen LogP contribution in [0.4, 0.5) is 0 Å². The average Bonchev–Trinajstić information content (AvgIpc) is 3.23. The van der Waals surface area contributed by atoms with Crippen LogP contribution >= 0.6 is 0 Å². The predicted octanol–water partition coefficient (Wildman–Crippen LogP) is 7.05. The van der Waals surface area contributed by atoms with Crippen LogP contribution in [0.1, 0.15) is 41.5 Å². The van der Waals surface area contributed by atoms with Gasteiger partial charge in [0.2, 0.25) is 0 Å². The minimum atomic E-state index is 1.25.